The summed E-state index contributed by atoms with van der Waals surface area (Å²) in [6.07, 6.45) is -7.50. The molecule has 4 rings (SSSR count). The van der Waals surface area contributed by atoms with Crippen molar-refractivity contribution in [2.24, 2.45) is 0 Å². The van der Waals surface area contributed by atoms with Gasteiger partial charge in [-0.05, 0) is 24.3 Å². The number of aromatic nitrogens is 1. The molecule has 2 heterocycles. The third-order valence-corrected chi connectivity index (χ3v) is 7.53. The fourth-order valence-electron chi connectivity index (χ4n) is 4.01. The van der Waals surface area contributed by atoms with Gasteiger partial charge in [-0.2, -0.15) is 13.2 Å². The number of carbonyl (C=O) groups excluding carboxylic acids is 1. The zero-order chi connectivity index (χ0) is 25.7. The Morgan fingerprint density at radius 2 is 1.66 bits per heavy atom. The van der Waals surface area contributed by atoms with E-state index >= 15 is 0 Å². The molecule has 0 aliphatic carbocycles. The van der Waals surface area contributed by atoms with E-state index in [1.807, 2.05) is 0 Å². The Morgan fingerprint density at radius 1 is 1.03 bits per heavy atom. The Labute approximate surface area is 200 Å². The zero-order valence-corrected chi connectivity index (χ0v) is 19.1. The van der Waals surface area contributed by atoms with E-state index in [2.05, 4.69) is 0 Å². The molecule has 0 spiro atoms. The van der Waals surface area contributed by atoms with E-state index < -0.39 is 44.8 Å². The second kappa shape index (κ2) is 8.94. The van der Waals surface area contributed by atoms with E-state index in [1.54, 1.807) is 0 Å². The van der Waals surface area contributed by atoms with Gasteiger partial charge in [-0.25, -0.2) is 25.6 Å². The molecule has 1 amide bonds. The van der Waals surface area contributed by atoms with Gasteiger partial charge in [-0.3, -0.25) is 4.79 Å². The lowest BCUT2D eigenvalue weighted by molar-refractivity contribution is -0.185. The third kappa shape index (κ3) is 4.54. The maximum Gasteiger partial charge on any atom is 0.471 e. The van der Waals surface area contributed by atoms with Crippen molar-refractivity contribution in [3.63, 3.8) is 0 Å². The lowest BCUT2D eigenvalue weighted by Crippen LogP contribution is -2.52. The first-order valence-corrected chi connectivity index (χ1v) is 11.9. The van der Waals surface area contributed by atoms with E-state index in [0.29, 0.717) is 15.1 Å². The van der Waals surface area contributed by atoms with Gasteiger partial charge in [0.25, 0.3) is 16.4 Å². The lowest BCUT2D eigenvalue weighted by atomic mass is 10.1. The van der Waals surface area contributed by atoms with Crippen molar-refractivity contribution in [3.8, 4) is 0 Å². The molecule has 0 saturated carbocycles. The van der Waals surface area contributed by atoms with Crippen LogP contribution in [-0.2, 0) is 14.8 Å². The summed E-state index contributed by atoms with van der Waals surface area (Å²) in [7, 11) is -4.66. The van der Waals surface area contributed by atoms with Crippen LogP contribution in [0.4, 0.5) is 32.0 Å². The molecule has 6 nitrogen and oxygen atoms in total. The first-order valence-electron chi connectivity index (χ1n) is 10.1. The summed E-state index contributed by atoms with van der Waals surface area (Å²) in [5, 5.41) is -0.231. The van der Waals surface area contributed by atoms with Gasteiger partial charge < -0.3 is 9.80 Å². The number of anilines is 1. The van der Waals surface area contributed by atoms with Gasteiger partial charge in [0, 0.05) is 54.0 Å². The van der Waals surface area contributed by atoms with Crippen LogP contribution in [0.15, 0.2) is 47.5 Å². The number of hydrogen-bond donors (Lipinski definition) is 0. The van der Waals surface area contributed by atoms with E-state index in [1.165, 1.54) is 23.1 Å². The fraction of sp³-hybridized carbons (Fsp3) is 0.286. The number of alkyl halides is 5. The standard InChI is InChI=1S/C21H16ClF6N3O3S/c22-12-9-15(29-5-7-30(8-6-29)20(32)21(26,27)28)18-13(19(24)25)11-31(16(18)10-12)35(33,34)17-4-2-1-3-14(17)23/h1-4,9-11,19H,5-8H2. The molecule has 2 aromatic carbocycles. The van der Waals surface area contributed by atoms with Crippen LogP contribution in [0, 0.1) is 5.82 Å². The van der Waals surface area contributed by atoms with Crippen LogP contribution in [0.5, 0.6) is 0 Å². The van der Waals surface area contributed by atoms with Crippen LogP contribution in [-0.4, -0.2) is 55.6 Å². The van der Waals surface area contributed by atoms with Gasteiger partial charge in [0.05, 0.1) is 5.52 Å². The van der Waals surface area contributed by atoms with Gasteiger partial charge in [-0.15, -0.1) is 0 Å². The van der Waals surface area contributed by atoms with E-state index in [4.69, 9.17) is 11.6 Å². The second-order valence-corrected chi connectivity index (χ2v) is 9.93. The molecule has 1 aromatic heterocycles. The number of nitrogens with zero attached hydrogens (tertiary/aromatic N) is 3. The van der Waals surface area contributed by atoms with E-state index in [0.717, 1.165) is 18.2 Å². The number of amides is 1. The lowest BCUT2D eigenvalue weighted by Gasteiger charge is -2.36. The number of rotatable bonds is 4. The predicted octanol–water partition coefficient (Wildman–Crippen LogP) is 4.82. The number of halogens is 7. The molecule has 1 aliphatic rings. The van der Waals surface area contributed by atoms with Crippen LogP contribution in [0.2, 0.25) is 5.02 Å². The molecule has 188 valence electrons. The van der Waals surface area contributed by atoms with Gasteiger partial charge >= 0.3 is 12.1 Å². The molecular formula is C21H16ClF6N3O3S. The number of benzene rings is 2. The highest BCUT2D eigenvalue weighted by Gasteiger charge is 2.43. The fourth-order valence-corrected chi connectivity index (χ4v) is 5.65. The molecule has 0 N–H and O–H groups in total. The van der Waals surface area contributed by atoms with Crippen molar-refractivity contribution in [2.45, 2.75) is 17.5 Å². The van der Waals surface area contributed by atoms with Crippen LogP contribution in [0.3, 0.4) is 0 Å². The van der Waals surface area contributed by atoms with Crippen molar-refractivity contribution in [2.75, 3.05) is 31.1 Å². The summed E-state index contributed by atoms with van der Waals surface area (Å²) in [5.74, 6) is -3.09. The first kappa shape index (κ1) is 25.2. The van der Waals surface area contributed by atoms with Crippen molar-refractivity contribution in [3.05, 3.63) is 59.0 Å². The predicted molar refractivity (Wildman–Crippen MR) is 116 cm³/mol. The molecular weight excluding hydrogens is 524 g/mol. The van der Waals surface area contributed by atoms with Crippen LogP contribution in [0.1, 0.15) is 12.0 Å². The molecule has 35 heavy (non-hydrogen) atoms. The SMILES string of the molecule is O=C(N1CCN(c2cc(Cl)cc3c2c(C(F)F)cn3S(=O)(=O)c2ccccc2F)CC1)C(F)(F)F. The van der Waals surface area contributed by atoms with Crippen LogP contribution in [0.25, 0.3) is 10.9 Å². The van der Waals surface area contributed by atoms with Crippen molar-refractivity contribution >= 4 is 44.1 Å². The smallest absolute Gasteiger partial charge is 0.367 e. The van der Waals surface area contributed by atoms with Gasteiger partial charge in [0.2, 0.25) is 0 Å². The van der Waals surface area contributed by atoms with Crippen LogP contribution < -0.4 is 4.90 Å². The summed E-state index contributed by atoms with van der Waals surface area (Å²) in [5.41, 5.74) is -0.871. The average Bonchev–Trinajstić information content (AvgIpc) is 3.18. The zero-order valence-electron chi connectivity index (χ0n) is 17.6. The topological polar surface area (TPSA) is 62.6 Å². The largest absolute Gasteiger partial charge is 0.471 e. The number of hydrogen-bond acceptors (Lipinski definition) is 4. The Balaban J connectivity index is 1.82. The molecule has 1 fully saturated rings. The molecule has 1 aliphatic heterocycles. The van der Waals surface area contributed by atoms with Gasteiger partial charge in [0.15, 0.2) is 0 Å². The van der Waals surface area contributed by atoms with Crippen molar-refractivity contribution in [1.29, 1.82) is 0 Å². The summed E-state index contributed by atoms with van der Waals surface area (Å²) in [6, 6.07) is 6.86. The minimum absolute atomic E-state index is 0.0369. The Morgan fingerprint density at radius 3 is 2.23 bits per heavy atom. The summed E-state index contributed by atoms with van der Waals surface area (Å²) >= 11 is 6.16. The molecule has 0 bridgehead atoms. The number of piperazine rings is 1. The van der Waals surface area contributed by atoms with E-state index in [9.17, 15) is 39.6 Å². The molecule has 0 radical (unpaired) electrons. The molecule has 3 aromatic rings. The van der Waals surface area contributed by atoms with Crippen LogP contribution >= 0.6 is 11.6 Å². The Bertz CT molecular complexity index is 1400. The minimum atomic E-state index is -5.05. The quantitative estimate of drug-likeness (QED) is 0.446. The molecule has 0 atom stereocenters. The summed E-state index contributed by atoms with van der Waals surface area (Å²) < 4.78 is 107. The highest BCUT2D eigenvalue weighted by atomic mass is 35.5. The maximum absolute atomic E-state index is 14.3. The summed E-state index contributed by atoms with van der Waals surface area (Å²) in [4.78, 5) is 12.8. The van der Waals surface area contributed by atoms with Gasteiger partial charge in [-0.1, -0.05) is 23.7 Å². The first-order chi connectivity index (χ1) is 16.3. The third-order valence-electron chi connectivity index (χ3n) is 5.60. The second-order valence-electron chi connectivity index (χ2n) is 7.71. The normalized spacial score (nSPS) is 15.3. The average molecular weight is 540 g/mol. The van der Waals surface area contributed by atoms with E-state index in [-0.39, 0.29) is 47.8 Å². The minimum Gasteiger partial charge on any atom is -0.367 e. The Hall–Kier alpha value is -2.93. The Kier molecular flexibility index (Phi) is 6.43. The van der Waals surface area contributed by atoms with Crippen molar-refractivity contribution < 1.29 is 39.6 Å². The summed E-state index contributed by atoms with van der Waals surface area (Å²) in [6.45, 7) is -0.981. The maximum atomic E-state index is 14.3. The number of fused-ring (bicyclic) bond motifs is 1. The van der Waals surface area contributed by atoms with Gasteiger partial charge in [0.1, 0.15) is 10.7 Å². The monoisotopic (exact) mass is 539 g/mol. The highest BCUT2D eigenvalue weighted by molar-refractivity contribution is 7.90. The molecule has 1 saturated heterocycles. The van der Waals surface area contributed by atoms with Crippen molar-refractivity contribution in [1.82, 2.24) is 8.87 Å². The molecule has 14 heteroatoms. The molecule has 0 unspecified atom stereocenters. The highest BCUT2D eigenvalue weighted by Crippen LogP contribution is 2.40. The number of carbonyl (C=O) groups is 1.